The molecule has 154 valence electrons. The van der Waals surface area contributed by atoms with Crippen molar-refractivity contribution < 1.29 is 39.9 Å². The van der Waals surface area contributed by atoms with Crippen LogP contribution in [0.3, 0.4) is 0 Å². The molecule has 4 heteroatoms. The zero-order valence-corrected chi connectivity index (χ0v) is 21.9. The van der Waals surface area contributed by atoms with Crippen molar-refractivity contribution in [2.24, 2.45) is 0 Å². The number of hydrogen-bond acceptors (Lipinski definition) is 0. The molecule has 0 amide bonds. The first-order chi connectivity index (χ1) is 12.8. The SMILES string of the molecule is CCP(CC)CC.[Pd].[Ru].c1ccc(P(c2ccccc2)c2ccccc2)cc1. The summed E-state index contributed by atoms with van der Waals surface area (Å²) in [5, 5.41) is 4.19. The Kier molecular flexibility index (Phi) is 16.5. The summed E-state index contributed by atoms with van der Waals surface area (Å²) in [6, 6.07) is 32.3. The van der Waals surface area contributed by atoms with E-state index in [2.05, 4.69) is 112 Å². The van der Waals surface area contributed by atoms with E-state index in [1.165, 1.54) is 34.4 Å². The standard InChI is InChI=1S/C18H15P.C6H15P.Pd.Ru/c1-4-10-16(11-5-1)19(17-12-6-2-7-13-17)18-14-8-3-9-15-18;1-4-7(5-2)6-3;;/h1-15H;4-6H2,1-3H3;;. The number of hydrogen-bond donors (Lipinski definition) is 0. The van der Waals surface area contributed by atoms with Crippen molar-refractivity contribution in [3.05, 3.63) is 91.0 Å². The van der Waals surface area contributed by atoms with Crippen molar-refractivity contribution in [3.63, 3.8) is 0 Å². The van der Waals surface area contributed by atoms with Crippen LogP contribution in [0.1, 0.15) is 20.8 Å². The zero-order chi connectivity index (χ0) is 18.6. The maximum Gasteiger partial charge on any atom is 0 e. The fraction of sp³-hybridized carbons (Fsp3) is 0.250. The molecule has 3 aromatic carbocycles. The largest absolute Gasteiger partial charge is 0.108 e. The van der Waals surface area contributed by atoms with Gasteiger partial charge in [0.25, 0.3) is 0 Å². The first-order valence-electron chi connectivity index (χ1n) is 9.47. The van der Waals surface area contributed by atoms with E-state index in [9.17, 15) is 0 Å². The van der Waals surface area contributed by atoms with Gasteiger partial charge in [0.05, 0.1) is 0 Å². The molecule has 0 saturated carbocycles. The van der Waals surface area contributed by atoms with E-state index in [0.29, 0.717) is 7.92 Å². The van der Waals surface area contributed by atoms with Crippen LogP contribution in [0, 0.1) is 0 Å². The molecule has 0 aliphatic carbocycles. The molecule has 0 radical (unpaired) electrons. The second-order valence-corrected chi connectivity index (χ2v) is 11.4. The van der Waals surface area contributed by atoms with Crippen LogP contribution in [0.15, 0.2) is 91.0 Å². The first-order valence-corrected chi connectivity index (χ1v) is 12.7. The average molecular weight is 588 g/mol. The monoisotopic (exact) mass is 588 g/mol. The smallest absolute Gasteiger partial charge is 0 e. The van der Waals surface area contributed by atoms with Gasteiger partial charge in [-0.3, -0.25) is 0 Å². The third kappa shape index (κ3) is 9.09. The predicted molar refractivity (Wildman–Crippen MR) is 124 cm³/mol. The van der Waals surface area contributed by atoms with Crippen molar-refractivity contribution in [1.82, 2.24) is 0 Å². The van der Waals surface area contributed by atoms with Crippen LogP contribution >= 0.6 is 15.8 Å². The molecule has 0 N–H and O–H groups in total. The summed E-state index contributed by atoms with van der Waals surface area (Å²) in [4.78, 5) is 0. The Labute approximate surface area is 200 Å². The van der Waals surface area contributed by atoms with Gasteiger partial charge in [-0.1, -0.05) is 112 Å². The van der Waals surface area contributed by atoms with Gasteiger partial charge in [-0.25, -0.2) is 0 Å². The van der Waals surface area contributed by atoms with E-state index < -0.39 is 7.92 Å². The minimum absolute atomic E-state index is 0. The zero-order valence-electron chi connectivity index (χ0n) is 16.8. The third-order valence-corrected chi connectivity index (χ3v) is 9.51. The van der Waals surface area contributed by atoms with E-state index in [4.69, 9.17) is 0 Å². The minimum Gasteiger partial charge on any atom is -0.108 e. The van der Waals surface area contributed by atoms with Crippen LogP contribution in [0.2, 0.25) is 0 Å². The maximum atomic E-state index is 2.29. The fourth-order valence-corrected chi connectivity index (χ4v) is 6.50. The molecule has 0 aliphatic rings. The van der Waals surface area contributed by atoms with Gasteiger partial charge in [0.1, 0.15) is 0 Å². The third-order valence-electron chi connectivity index (χ3n) is 4.38. The van der Waals surface area contributed by atoms with E-state index >= 15 is 0 Å². The molecule has 0 saturated heterocycles. The summed E-state index contributed by atoms with van der Waals surface area (Å²) < 4.78 is 0. The number of rotatable bonds is 6. The number of benzene rings is 3. The Morgan fingerprint density at radius 1 is 0.500 bits per heavy atom. The molecule has 28 heavy (non-hydrogen) atoms. The molecule has 3 rings (SSSR count). The summed E-state index contributed by atoms with van der Waals surface area (Å²) in [7, 11) is -0.000000000000000111. The summed E-state index contributed by atoms with van der Waals surface area (Å²) in [5.74, 6) is 0. The molecular weight excluding hydrogens is 558 g/mol. The van der Waals surface area contributed by atoms with Gasteiger partial charge in [-0.2, -0.15) is 0 Å². The van der Waals surface area contributed by atoms with Crippen LogP contribution in [0.5, 0.6) is 0 Å². The van der Waals surface area contributed by atoms with Gasteiger partial charge >= 0.3 is 0 Å². The van der Waals surface area contributed by atoms with E-state index in [1.807, 2.05) is 0 Å². The molecule has 0 spiro atoms. The Bertz CT molecular complexity index is 620. The average Bonchev–Trinajstić information content (AvgIpc) is 2.72. The van der Waals surface area contributed by atoms with Gasteiger partial charge in [0, 0.05) is 39.9 Å². The van der Waals surface area contributed by atoms with Crippen molar-refractivity contribution in [1.29, 1.82) is 0 Å². The van der Waals surface area contributed by atoms with Gasteiger partial charge in [-0.05, 0) is 42.3 Å². The van der Waals surface area contributed by atoms with E-state index in [-0.39, 0.29) is 39.9 Å². The molecule has 0 fully saturated rings. The van der Waals surface area contributed by atoms with Gasteiger partial charge in [0.2, 0.25) is 0 Å². The summed E-state index contributed by atoms with van der Waals surface area (Å²) in [5.41, 5.74) is 0. The van der Waals surface area contributed by atoms with Gasteiger partial charge < -0.3 is 0 Å². The normalized spacial score (nSPS) is 9.75. The molecule has 0 heterocycles. The van der Waals surface area contributed by atoms with Crippen LogP contribution < -0.4 is 15.9 Å². The topological polar surface area (TPSA) is 0 Å². The van der Waals surface area contributed by atoms with Crippen LogP contribution in [0.25, 0.3) is 0 Å². The molecule has 0 aromatic heterocycles. The molecule has 0 aliphatic heterocycles. The van der Waals surface area contributed by atoms with Crippen molar-refractivity contribution in [3.8, 4) is 0 Å². The second kappa shape index (κ2) is 16.6. The maximum absolute atomic E-state index is 2.29. The molecule has 0 atom stereocenters. The summed E-state index contributed by atoms with van der Waals surface area (Å²) in [6.07, 6.45) is 4.26. The Morgan fingerprint density at radius 3 is 0.929 bits per heavy atom. The predicted octanol–water partition coefficient (Wildman–Crippen LogP) is 5.97. The van der Waals surface area contributed by atoms with E-state index in [0.717, 1.165) is 0 Å². The molecule has 0 unspecified atom stereocenters. The molecule has 3 aromatic rings. The summed E-state index contributed by atoms with van der Waals surface area (Å²) >= 11 is 0. The molecule has 0 bridgehead atoms. The Hall–Kier alpha value is -0.194. The quantitative estimate of drug-likeness (QED) is 0.246. The molecule has 0 nitrogen and oxygen atoms in total. The first kappa shape index (κ1) is 27.8. The minimum atomic E-state index is -0.446. The van der Waals surface area contributed by atoms with Crippen molar-refractivity contribution in [2.45, 2.75) is 20.8 Å². The summed E-state index contributed by atoms with van der Waals surface area (Å²) in [6.45, 7) is 6.87. The second-order valence-electron chi connectivity index (χ2n) is 5.96. The fourth-order valence-electron chi connectivity index (χ4n) is 2.85. The molecular formula is C24H30P2PdRu. The van der Waals surface area contributed by atoms with Crippen molar-refractivity contribution >= 4 is 31.8 Å². The van der Waals surface area contributed by atoms with Crippen LogP contribution in [-0.2, 0) is 39.9 Å². The Morgan fingerprint density at radius 2 is 0.750 bits per heavy atom. The van der Waals surface area contributed by atoms with Crippen LogP contribution in [-0.4, -0.2) is 18.5 Å². The van der Waals surface area contributed by atoms with Crippen LogP contribution in [0.4, 0.5) is 0 Å². The van der Waals surface area contributed by atoms with Gasteiger partial charge in [0.15, 0.2) is 0 Å². The van der Waals surface area contributed by atoms with Gasteiger partial charge in [-0.15, -0.1) is 7.92 Å². The Balaban J connectivity index is 0.000000707. The van der Waals surface area contributed by atoms with E-state index in [1.54, 1.807) is 0 Å². The van der Waals surface area contributed by atoms with Crippen molar-refractivity contribution in [2.75, 3.05) is 18.5 Å².